The number of nitrogens with one attached hydrogen (secondary N) is 2. The number of hydrogen-bond acceptors (Lipinski definition) is 3. The van der Waals surface area contributed by atoms with Crippen LogP contribution in [0.4, 0.5) is 5.69 Å². The second-order valence-corrected chi connectivity index (χ2v) is 6.00. The van der Waals surface area contributed by atoms with Crippen LogP contribution >= 0.6 is 0 Å². The van der Waals surface area contributed by atoms with Gasteiger partial charge in [-0.3, -0.25) is 4.79 Å². The van der Waals surface area contributed by atoms with Gasteiger partial charge in [-0.2, -0.15) is 0 Å². The van der Waals surface area contributed by atoms with Crippen molar-refractivity contribution in [2.24, 2.45) is 0 Å². The fourth-order valence-electron chi connectivity index (χ4n) is 2.72. The summed E-state index contributed by atoms with van der Waals surface area (Å²) in [6.45, 7) is 8.41. The molecule has 1 aliphatic heterocycles. The molecule has 0 bridgehead atoms. The molecular weight excluding hydrogens is 262 g/mol. The van der Waals surface area contributed by atoms with Crippen LogP contribution < -0.4 is 10.6 Å². The van der Waals surface area contributed by atoms with E-state index in [9.17, 15) is 4.79 Å². The first-order valence-corrected chi connectivity index (χ1v) is 8.03. The summed E-state index contributed by atoms with van der Waals surface area (Å²) in [6, 6.07) is 8.01. The Morgan fingerprint density at radius 1 is 1.24 bits per heavy atom. The van der Waals surface area contributed by atoms with E-state index >= 15 is 0 Å². The number of likely N-dealkylation sites (tertiary alicyclic amines) is 1. The Labute approximate surface area is 127 Å². The third kappa shape index (κ3) is 5.05. The van der Waals surface area contributed by atoms with Crippen LogP contribution in [-0.4, -0.2) is 43.0 Å². The van der Waals surface area contributed by atoms with Gasteiger partial charge in [-0.05, 0) is 64.9 Å². The number of carbonyl (C=O) groups excluding carboxylic acids is 1. The maximum atomic E-state index is 12.3. The number of para-hydroxylation sites is 1. The number of benzene rings is 1. The number of anilines is 1. The molecule has 1 fully saturated rings. The molecule has 2 rings (SSSR count). The largest absolute Gasteiger partial charge is 0.382 e. The van der Waals surface area contributed by atoms with Gasteiger partial charge < -0.3 is 15.5 Å². The zero-order chi connectivity index (χ0) is 15.1. The van der Waals surface area contributed by atoms with Crippen molar-refractivity contribution >= 4 is 11.6 Å². The van der Waals surface area contributed by atoms with E-state index in [0.717, 1.165) is 30.8 Å². The first-order valence-electron chi connectivity index (χ1n) is 8.03. The standard InChI is InChI=1S/C17H27N3O/c1-14(2)19-16-9-4-3-8-15(16)17(21)18-10-7-13-20-11-5-6-12-20/h3-4,8-9,14,19H,5-7,10-13H2,1-2H3,(H,18,21). The summed E-state index contributed by atoms with van der Waals surface area (Å²) >= 11 is 0. The Kier molecular flexibility index (Phi) is 6.05. The van der Waals surface area contributed by atoms with E-state index in [-0.39, 0.29) is 5.91 Å². The fraction of sp³-hybridized carbons (Fsp3) is 0.588. The highest BCUT2D eigenvalue weighted by molar-refractivity contribution is 5.99. The molecule has 0 unspecified atom stereocenters. The molecule has 1 aromatic rings. The van der Waals surface area contributed by atoms with Crippen molar-refractivity contribution in [2.75, 3.05) is 31.5 Å². The number of hydrogen-bond donors (Lipinski definition) is 2. The minimum Gasteiger partial charge on any atom is -0.382 e. The summed E-state index contributed by atoms with van der Waals surface area (Å²) in [5.41, 5.74) is 1.64. The van der Waals surface area contributed by atoms with Crippen LogP contribution in [0.5, 0.6) is 0 Å². The normalized spacial score (nSPS) is 15.4. The summed E-state index contributed by atoms with van der Waals surface area (Å²) in [6.07, 6.45) is 3.66. The van der Waals surface area contributed by atoms with Gasteiger partial charge in [0.25, 0.3) is 5.91 Å². The van der Waals surface area contributed by atoms with E-state index in [1.165, 1.54) is 25.9 Å². The molecule has 1 amide bonds. The monoisotopic (exact) mass is 289 g/mol. The van der Waals surface area contributed by atoms with E-state index in [2.05, 4.69) is 29.4 Å². The quantitative estimate of drug-likeness (QED) is 0.759. The maximum absolute atomic E-state index is 12.3. The van der Waals surface area contributed by atoms with Gasteiger partial charge in [0.15, 0.2) is 0 Å². The van der Waals surface area contributed by atoms with Gasteiger partial charge in [-0.15, -0.1) is 0 Å². The van der Waals surface area contributed by atoms with E-state index in [1.54, 1.807) is 0 Å². The summed E-state index contributed by atoms with van der Waals surface area (Å²) in [5.74, 6) is 0.0140. The number of nitrogens with zero attached hydrogens (tertiary/aromatic N) is 1. The minimum absolute atomic E-state index is 0.0140. The third-order valence-electron chi connectivity index (χ3n) is 3.75. The van der Waals surface area contributed by atoms with Crippen molar-refractivity contribution in [3.8, 4) is 0 Å². The average molecular weight is 289 g/mol. The molecule has 0 saturated carbocycles. The molecule has 0 atom stereocenters. The minimum atomic E-state index is 0.0140. The van der Waals surface area contributed by atoms with Crippen LogP contribution in [0.1, 0.15) is 43.5 Å². The Morgan fingerprint density at radius 3 is 2.67 bits per heavy atom. The molecule has 1 aliphatic rings. The van der Waals surface area contributed by atoms with Crippen LogP contribution in [0.2, 0.25) is 0 Å². The highest BCUT2D eigenvalue weighted by Crippen LogP contribution is 2.16. The lowest BCUT2D eigenvalue weighted by Crippen LogP contribution is -2.29. The second-order valence-electron chi connectivity index (χ2n) is 6.00. The Balaban J connectivity index is 1.79. The highest BCUT2D eigenvalue weighted by Gasteiger charge is 2.12. The van der Waals surface area contributed by atoms with Crippen molar-refractivity contribution in [2.45, 2.75) is 39.2 Å². The van der Waals surface area contributed by atoms with Crippen LogP contribution in [0.3, 0.4) is 0 Å². The highest BCUT2D eigenvalue weighted by atomic mass is 16.1. The van der Waals surface area contributed by atoms with E-state index in [4.69, 9.17) is 0 Å². The number of carbonyl (C=O) groups is 1. The van der Waals surface area contributed by atoms with Crippen LogP contribution in [-0.2, 0) is 0 Å². The first kappa shape index (κ1) is 15.8. The predicted octanol–water partition coefficient (Wildman–Crippen LogP) is 2.72. The van der Waals surface area contributed by atoms with Gasteiger partial charge in [0.05, 0.1) is 5.56 Å². The third-order valence-corrected chi connectivity index (χ3v) is 3.75. The summed E-state index contributed by atoms with van der Waals surface area (Å²) in [5, 5.41) is 6.35. The molecule has 1 saturated heterocycles. The smallest absolute Gasteiger partial charge is 0.253 e. The molecule has 0 radical (unpaired) electrons. The van der Waals surface area contributed by atoms with E-state index < -0.39 is 0 Å². The second kappa shape index (κ2) is 8.03. The summed E-state index contributed by atoms with van der Waals surface area (Å²) < 4.78 is 0. The topological polar surface area (TPSA) is 44.4 Å². The van der Waals surface area contributed by atoms with E-state index in [0.29, 0.717) is 6.04 Å². The lowest BCUT2D eigenvalue weighted by atomic mass is 10.1. The summed E-state index contributed by atoms with van der Waals surface area (Å²) in [4.78, 5) is 14.8. The van der Waals surface area contributed by atoms with Crippen molar-refractivity contribution < 1.29 is 4.79 Å². The molecule has 0 aliphatic carbocycles. The van der Waals surface area contributed by atoms with Gasteiger partial charge in [0.2, 0.25) is 0 Å². The van der Waals surface area contributed by atoms with Crippen molar-refractivity contribution in [1.82, 2.24) is 10.2 Å². The number of amides is 1. The zero-order valence-electron chi connectivity index (χ0n) is 13.2. The van der Waals surface area contributed by atoms with Gasteiger partial charge in [-0.1, -0.05) is 12.1 Å². The molecular formula is C17H27N3O. The Hall–Kier alpha value is -1.55. The SMILES string of the molecule is CC(C)Nc1ccccc1C(=O)NCCCN1CCCC1. The van der Waals surface area contributed by atoms with Crippen LogP contribution in [0, 0.1) is 0 Å². The molecule has 1 heterocycles. The number of rotatable bonds is 7. The molecule has 2 N–H and O–H groups in total. The molecule has 4 heteroatoms. The summed E-state index contributed by atoms with van der Waals surface area (Å²) in [7, 11) is 0. The lowest BCUT2D eigenvalue weighted by molar-refractivity contribution is 0.0953. The van der Waals surface area contributed by atoms with Crippen molar-refractivity contribution in [3.63, 3.8) is 0 Å². The van der Waals surface area contributed by atoms with E-state index in [1.807, 2.05) is 24.3 Å². The van der Waals surface area contributed by atoms with Crippen LogP contribution in [0.15, 0.2) is 24.3 Å². The maximum Gasteiger partial charge on any atom is 0.253 e. The zero-order valence-corrected chi connectivity index (χ0v) is 13.2. The molecule has 1 aromatic carbocycles. The molecule has 21 heavy (non-hydrogen) atoms. The van der Waals surface area contributed by atoms with Gasteiger partial charge in [0, 0.05) is 18.3 Å². The fourth-order valence-corrected chi connectivity index (χ4v) is 2.72. The molecule has 0 aromatic heterocycles. The van der Waals surface area contributed by atoms with Crippen molar-refractivity contribution in [1.29, 1.82) is 0 Å². The Bertz CT molecular complexity index is 453. The lowest BCUT2D eigenvalue weighted by Gasteiger charge is -2.16. The first-order chi connectivity index (χ1) is 10.2. The van der Waals surface area contributed by atoms with Gasteiger partial charge >= 0.3 is 0 Å². The van der Waals surface area contributed by atoms with Crippen molar-refractivity contribution in [3.05, 3.63) is 29.8 Å². The van der Waals surface area contributed by atoms with Gasteiger partial charge in [0.1, 0.15) is 0 Å². The molecule has 0 spiro atoms. The van der Waals surface area contributed by atoms with Gasteiger partial charge in [-0.25, -0.2) is 0 Å². The predicted molar refractivity (Wildman–Crippen MR) is 87.8 cm³/mol. The molecule has 116 valence electrons. The van der Waals surface area contributed by atoms with Crippen LogP contribution in [0.25, 0.3) is 0 Å². The average Bonchev–Trinajstić information content (AvgIpc) is 2.96. The Morgan fingerprint density at radius 2 is 1.95 bits per heavy atom. The molecule has 4 nitrogen and oxygen atoms in total.